The van der Waals surface area contributed by atoms with Crippen LogP contribution in [0.15, 0.2) is 12.1 Å². The average molecular weight is 310 g/mol. The van der Waals surface area contributed by atoms with Gasteiger partial charge in [0.05, 0.1) is 28.1 Å². The van der Waals surface area contributed by atoms with Gasteiger partial charge in [-0.2, -0.15) is 5.10 Å². The average Bonchev–Trinajstić information content (AvgIpc) is 2.66. The molecule has 1 aromatic carbocycles. The van der Waals surface area contributed by atoms with Crippen molar-refractivity contribution in [3.63, 3.8) is 0 Å². The van der Waals surface area contributed by atoms with Crippen molar-refractivity contribution in [1.82, 2.24) is 9.78 Å². The maximum atomic E-state index is 11.0. The largest absolute Gasteiger partial charge is 0.438 e. The number of ether oxygens (including phenoxy) is 1. The van der Waals surface area contributed by atoms with Gasteiger partial charge in [-0.15, -0.1) is 11.6 Å². The Morgan fingerprint density at radius 1 is 1.33 bits per heavy atom. The number of nitrogens with zero attached hydrogens (tertiary/aromatic N) is 3. The number of benzene rings is 1. The summed E-state index contributed by atoms with van der Waals surface area (Å²) in [6.45, 7) is 5.39. The summed E-state index contributed by atoms with van der Waals surface area (Å²) in [6, 6.07) is 3.17. The van der Waals surface area contributed by atoms with E-state index in [0.29, 0.717) is 17.2 Å². The molecule has 0 atom stereocenters. The lowest BCUT2D eigenvalue weighted by molar-refractivity contribution is -0.385. The lowest BCUT2D eigenvalue weighted by Crippen LogP contribution is -2.00. The van der Waals surface area contributed by atoms with Crippen LogP contribution < -0.4 is 4.74 Å². The summed E-state index contributed by atoms with van der Waals surface area (Å²) in [5, 5.41) is 15.3. The zero-order chi connectivity index (χ0) is 15.7. The molecule has 0 spiro atoms. The van der Waals surface area contributed by atoms with E-state index in [1.165, 1.54) is 6.07 Å². The van der Waals surface area contributed by atoms with E-state index < -0.39 is 4.92 Å². The van der Waals surface area contributed by atoms with E-state index in [4.69, 9.17) is 16.3 Å². The lowest BCUT2D eigenvalue weighted by Gasteiger charge is -2.11. The topological polar surface area (TPSA) is 70.2 Å². The molecule has 0 aliphatic rings. The lowest BCUT2D eigenvalue weighted by atomic mass is 10.1. The van der Waals surface area contributed by atoms with Crippen molar-refractivity contribution in [2.75, 3.05) is 0 Å². The van der Waals surface area contributed by atoms with Gasteiger partial charge in [-0.3, -0.25) is 10.1 Å². The Morgan fingerprint density at radius 3 is 2.57 bits per heavy atom. The van der Waals surface area contributed by atoms with Crippen molar-refractivity contribution >= 4 is 17.3 Å². The highest BCUT2D eigenvalue weighted by Gasteiger charge is 2.19. The molecule has 2 aromatic rings. The highest BCUT2D eigenvalue weighted by molar-refractivity contribution is 6.17. The maximum Gasteiger partial charge on any atom is 0.276 e. The normalized spacial score (nSPS) is 10.7. The van der Waals surface area contributed by atoms with E-state index in [1.807, 2.05) is 13.8 Å². The number of nitro benzene ring substituents is 1. The van der Waals surface area contributed by atoms with Crippen LogP contribution in [0.4, 0.5) is 5.69 Å². The van der Waals surface area contributed by atoms with Crippen molar-refractivity contribution in [3.05, 3.63) is 44.6 Å². The minimum absolute atomic E-state index is 0.0295. The third kappa shape index (κ3) is 2.85. The molecule has 0 fully saturated rings. The molecule has 1 aromatic heterocycles. The molecular formula is C14H16ClN3O3. The van der Waals surface area contributed by atoms with Crippen LogP contribution in [0.5, 0.6) is 11.6 Å². The monoisotopic (exact) mass is 309 g/mol. The Balaban J connectivity index is 2.49. The van der Waals surface area contributed by atoms with Crippen molar-refractivity contribution in [3.8, 4) is 11.6 Å². The van der Waals surface area contributed by atoms with Gasteiger partial charge < -0.3 is 4.74 Å². The third-order valence-corrected chi connectivity index (χ3v) is 3.59. The van der Waals surface area contributed by atoms with Gasteiger partial charge in [0.2, 0.25) is 5.88 Å². The molecule has 0 N–H and O–H groups in total. The van der Waals surface area contributed by atoms with Gasteiger partial charge in [-0.1, -0.05) is 0 Å². The molecule has 6 nitrogen and oxygen atoms in total. The molecule has 0 saturated heterocycles. The molecule has 0 aliphatic heterocycles. The third-order valence-electron chi connectivity index (χ3n) is 3.32. The molecule has 112 valence electrons. The fraction of sp³-hybridized carbons (Fsp3) is 0.357. The minimum Gasteiger partial charge on any atom is -0.438 e. The Kier molecular flexibility index (Phi) is 4.18. The zero-order valence-electron chi connectivity index (χ0n) is 12.3. The summed E-state index contributed by atoms with van der Waals surface area (Å²) in [6.07, 6.45) is 0. The number of alkyl halides is 1. The molecular weight excluding hydrogens is 294 g/mol. The van der Waals surface area contributed by atoms with Gasteiger partial charge in [0.15, 0.2) is 0 Å². The number of nitro groups is 1. The molecule has 0 saturated carbocycles. The highest BCUT2D eigenvalue weighted by Crippen LogP contribution is 2.34. The molecule has 0 radical (unpaired) electrons. The van der Waals surface area contributed by atoms with Gasteiger partial charge >= 0.3 is 0 Å². The van der Waals surface area contributed by atoms with E-state index in [1.54, 1.807) is 24.7 Å². The van der Waals surface area contributed by atoms with E-state index in [0.717, 1.165) is 16.8 Å². The van der Waals surface area contributed by atoms with Gasteiger partial charge in [0.25, 0.3) is 5.69 Å². The number of halogens is 1. The van der Waals surface area contributed by atoms with Crippen LogP contribution in [0.1, 0.15) is 22.4 Å². The molecule has 0 amide bonds. The van der Waals surface area contributed by atoms with Crippen LogP contribution >= 0.6 is 11.6 Å². The van der Waals surface area contributed by atoms with Crippen molar-refractivity contribution in [2.24, 2.45) is 7.05 Å². The molecule has 0 aliphatic carbocycles. The fourth-order valence-corrected chi connectivity index (χ4v) is 2.50. The number of rotatable bonds is 4. The second kappa shape index (κ2) is 5.73. The molecule has 7 heteroatoms. The number of hydrogen-bond acceptors (Lipinski definition) is 4. The standard InChI is InChI=1S/C14H16ClN3O3/c1-8-5-9(2)13(6-12(8)18(19)20)21-14-11(7-15)10(3)16-17(14)4/h5-6H,7H2,1-4H3. The second-order valence-corrected chi connectivity index (χ2v) is 5.16. The van der Waals surface area contributed by atoms with E-state index >= 15 is 0 Å². The Labute approximate surface area is 127 Å². The first kappa shape index (κ1) is 15.3. The van der Waals surface area contributed by atoms with E-state index in [9.17, 15) is 10.1 Å². The highest BCUT2D eigenvalue weighted by atomic mass is 35.5. The van der Waals surface area contributed by atoms with Crippen LogP contribution in [0, 0.1) is 30.9 Å². The summed E-state index contributed by atoms with van der Waals surface area (Å²) in [7, 11) is 1.75. The number of aromatic nitrogens is 2. The molecule has 0 unspecified atom stereocenters. The maximum absolute atomic E-state index is 11.0. The summed E-state index contributed by atoms with van der Waals surface area (Å²) >= 11 is 5.92. The summed E-state index contributed by atoms with van der Waals surface area (Å²) < 4.78 is 7.42. The van der Waals surface area contributed by atoms with Crippen molar-refractivity contribution in [2.45, 2.75) is 26.7 Å². The Morgan fingerprint density at radius 2 is 2.00 bits per heavy atom. The van der Waals surface area contributed by atoms with Gasteiger partial charge in [-0.25, -0.2) is 4.68 Å². The first-order valence-corrected chi connectivity index (χ1v) is 6.90. The Hall–Kier alpha value is -2.08. The van der Waals surface area contributed by atoms with Crippen LogP contribution in [0.2, 0.25) is 0 Å². The SMILES string of the molecule is Cc1cc(C)c([N+](=O)[O-])cc1Oc1c(CCl)c(C)nn1C. The van der Waals surface area contributed by atoms with Crippen molar-refractivity contribution < 1.29 is 9.66 Å². The minimum atomic E-state index is -0.418. The Bertz CT molecular complexity index is 710. The van der Waals surface area contributed by atoms with Crippen LogP contribution in [-0.2, 0) is 12.9 Å². The molecule has 0 bridgehead atoms. The van der Waals surface area contributed by atoms with Crippen LogP contribution in [-0.4, -0.2) is 14.7 Å². The molecule has 1 heterocycles. The van der Waals surface area contributed by atoms with Crippen LogP contribution in [0.3, 0.4) is 0 Å². The first-order valence-electron chi connectivity index (χ1n) is 6.37. The van der Waals surface area contributed by atoms with Crippen LogP contribution in [0.25, 0.3) is 0 Å². The zero-order valence-corrected chi connectivity index (χ0v) is 13.1. The summed E-state index contributed by atoms with van der Waals surface area (Å²) in [5.74, 6) is 1.20. The quantitative estimate of drug-likeness (QED) is 0.489. The van der Waals surface area contributed by atoms with Gasteiger partial charge in [0, 0.05) is 12.6 Å². The first-order chi connectivity index (χ1) is 9.85. The number of aryl methyl sites for hydroxylation is 4. The van der Waals surface area contributed by atoms with Gasteiger partial charge in [-0.05, 0) is 32.4 Å². The predicted octanol–water partition coefficient (Wildman–Crippen LogP) is 3.78. The van der Waals surface area contributed by atoms with E-state index in [2.05, 4.69) is 5.10 Å². The molecule has 2 rings (SSSR count). The summed E-state index contributed by atoms with van der Waals surface area (Å²) in [4.78, 5) is 10.6. The fourth-order valence-electron chi connectivity index (χ4n) is 2.19. The van der Waals surface area contributed by atoms with Gasteiger partial charge in [0.1, 0.15) is 5.75 Å². The second-order valence-electron chi connectivity index (χ2n) is 4.89. The molecule has 21 heavy (non-hydrogen) atoms. The summed E-state index contributed by atoms with van der Waals surface area (Å²) in [5.41, 5.74) is 3.01. The number of hydrogen-bond donors (Lipinski definition) is 0. The predicted molar refractivity (Wildman–Crippen MR) is 80.1 cm³/mol. The van der Waals surface area contributed by atoms with Crippen molar-refractivity contribution in [1.29, 1.82) is 0 Å². The smallest absolute Gasteiger partial charge is 0.276 e. The van der Waals surface area contributed by atoms with E-state index in [-0.39, 0.29) is 11.6 Å².